The average Bonchev–Trinajstić information content (AvgIpc) is 2.25. The monoisotopic (exact) mass is 234 g/mol. The third-order valence-corrected chi connectivity index (χ3v) is 2.58. The molecule has 0 unspecified atom stereocenters. The molecule has 0 heterocycles. The van der Waals surface area contributed by atoms with Crippen molar-refractivity contribution < 1.29 is 9.53 Å². The van der Waals surface area contributed by atoms with Crippen LogP contribution >= 0.6 is 11.8 Å². The third-order valence-electron chi connectivity index (χ3n) is 1.94. The zero-order valence-electron chi connectivity index (χ0n) is 9.62. The fourth-order valence-corrected chi connectivity index (χ4v) is 1.53. The molecular weight excluding hydrogens is 212 g/mol. The van der Waals surface area contributed by atoms with Crippen LogP contribution in [0, 0.1) is 0 Å². The summed E-state index contributed by atoms with van der Waals surface area (Å²) in [4.78, 5) is 11.4. The predicted molar refractivity (Wildman–Crippen MR) is 65.1 cm³/mol. The molecule has 0 aliphatic rings. The molecule has 0 aliphatic carbocycles. The quantitative estimate of drug-likeness (QED) is 0.574. The smallest absolute Gasteiger partial charge is 0.236 e. The van der Waals surface area contributed by atoms with Gasteiger partial charge in [-0.25, -0.2) is 0 Å². The van der Waals surface area contributed by atoms with Crippen molar-refractivity contribution in [2.24, 2.45) is 5.73 Å². The fraction of sp³-hybridized carbons (Fsp3) is 0.900. The molecule has 0 fully saturated rings. The number of hydrogen-bond donors (Lipinski definition) is 2. The van der Waals surface area contributed by atoms with Gasteiger partial charge in [0.1, 0.15) is 0 Å². The van der Waals surface area contributed by atoms with Crippen molar-refractivity contribution in [3.05, 3.63) is 0 Å². The first-order valence-electron chi connectivity index (χ1n) is 5.32. The highest BCUT2D eigenvalue weighted by Crippen LogP contribution is 1.98. The summed E-state index contributed by atoms with van der Waals surface area (Å²) in [6.07, 6.45) is 3.58. The lowest BCUT2D eigenvalue weighted by Gasteiger charge is -2.11. The first-order valence-corrected chi connectivity index (χ1v) is 6.71. The van der Waals surface area contributed by atoms with Gasteiger partial charge in [-0.15, -0.1) is 0 Å². The number of carbonyl (C=O) groups excluding carboxylic acids is 1. The lowest BCUT2D eigenvalue weighted by atomic mass is 10.2. The summed E-state index contributed by atoms with van der Waals surface area (Å²) in [6, 6.07) is -0.371. The Kier molecular flexibility index (Phi) is 10.1. The molecule has 0 rings (SSSR count). The summed E-state index contributed by atoms with van der Waals surface area (Å²) >= 11 is 1.70. The highest BCUT2D eigenvalue weighted by molar-refractivity contribution is 7.98. The van der Waals surface area contributed by atoms with E-state index in [1.165, 1.54) is 0 Å². The Morgan fingerprint density at radius 2 is 2.33 bits per heavy atom. The minimum atomic E-state index is -0.371. The van der Waals surface area contributed by atoms with Gasteiger partial charge in [-0.3, -0.25) is 4.79 Å². The molecule has 1 amide bonds. The number of rotatable bonds is 9. The molecule has 1 atom stereocenters. The minimum Gasteiger partial charge on any atom is -0.382 e. The van der Waals surface area contributed by atoms with Crippen molar-refractivity contribution >= 4 is 17.7 Å². The van der Waals surface area contributed by atoms with E-state index in [2.05, 4.69) is 5.32 Å². The van der Waals surface area contributed by atoms with Crippen molar-refractivity contribution in [3.63, 3.8) is 0 Å². The largest absolute Gasteiger partial charge is 0.382 e. The van der Waals surface area contributed by atoms with Crippen LogP contribution in [0.15, 0.2) is 0 Å². The van der Waals surface area contributed by atoms with Crippen molar-refractivity contribution in [1.82, 2.24) is 5.32 Å². The Hall–Kier alpha value is -0.260. The highest BCUT2D eigenvalue weighted by Gasteiger charge is 2.11. The van der Waals surface area contributed by atoms with Gasteiger partial charge in [-0.2, -0.15) is 11.8 Å². The molecule has 4 nitrogen and oxygen atoms in total. The van der Waals surface area contributed by atoms with Gasteiger partial charge in [0.25, 0.3) is 0 Å². The summed E-state index contributed by atoms with van der Waals surface area (Å²) in [5, 5.41) is 2.80. The summed E-state index contributed by atoms with van der Waals surface area (Å²) in [6.45, 7) is 4.01. The average molecular weight is 234 g/mol. The number of nitrogens with one attached hydrogen (secondary N) is 1. The van der Waals surface area contributed by atoms with Crippen molar-refractivity contribution in [2.45, 2.75) is 25.8 Å². The van der Waals surface area contributed by atoms with Crippen LogP contribution in [0.2, 0.25) is 0 Å². The molecule has 0 aromatic rings. The van der Waals surface area contributed by atoms with Crippen LogP contribution in [0.25, 0.3) is 0 Å². The predicted octanol–water partition coefficient (Wildman–Crippen LogP) is 0.610. The lowest BCUT2D eigenvalue weighted by molar-refractivity contribution is -0.122. The van der Waals surface area contributed by atoms with E-state index in [0.29, 0.717) is 13.2 Å². The molecule has 15 heavy (non-hydrogen) atoms. The molecule has 3 N–H and O–H groups in total. The van der Waals surface area contributed by atoms with Gasteiger partial charge < -0.3 is 15.8 Å². The standard InChI is InChI=1S/C10H22N2O2S/c1-3-14-7-4-6-12-10(13)9(11)5-8-15-2/h9H,3-8,11H2,1-2H3,(H,12,13)/t9-/m1/s1. The van der Waals surface area contributed by atoms with E-state index in [0.717, 1.165) is 25.2 Å². The van der Waals surface area contributed by atoms with E-state index in [1.54, 1.807) is 11.8 Å². The molecule has 0 saturated heterocycles. The SMILES string of the molecule is CCOCCCNC(=O)[C@H](N)CCSC. The van der Waals surface area contributed by atoms with Gasteiger partial charge in [0.05, 0.1) is 6.04 Å². The summed E-state index contributed by atoms with van der Waals surface area (Å²) in [5.74, 6) is 0.869. The maximum Gasteiger partial charge on any atom is 0.236 e. The van der Waals surface area contributed by atoms with Gasteiger partial charge in [0.2, 0.25) is 5.91 Å². The number of nitrogens with two attached hydrogens (primary N) is 1. The second kappa shape index (κ2) is 10.3. The van der Waals surface area contributed by atoms with Gasteiger partial charge in [-0.1, -0.05) is 0 Å². The van der Waals surface area contributed by atoms with E-state index in [4.69, 9.17) is 10.5 Å². The number of hydrogen-bond acceptors (Lipinski definition) is 4. The highest BCUT2D eigenvalue weighted by atomic mass is 32.2. The first kappa shape index (κ1) is 14.7. The van der Waals surface area contributed by atoms with Crippen LogP contribution in [-0.4, -0.2) is 43.7 Å². The number of amides is 1. The second-order valence-electron chi connectivity index (χ2n) is 3.23. The molecule has 0 radical (unpaired) electrons. The van der Waals surface area contributed by atoms with E-state index in [1.807, 2.05) is 13.2 Å². The Morgan fingerprint density at radius 3 is 2.93 bits per heavy atom. The van der Waals surface area contributed by atoms with E-state index < -0.39 is 0 Å². The third kappa shape index (κ3) is 8.72. The zero-order chi connectivity index (χ0) is 11.5. The number of thioether (sulfide) groups is 1. The van der Waals surface area contributed by atoms with E-state index in [-0.39, 0.29) is 11.9 Å². The van der Waals surface area contributed by atoms with Crippen LogP contribution in [0.4, 0.5) is 0 Å². The maximum atomic E-state index is 11.4. The molecule has 0 spiro atoms. The Bertz CT molecular complexity index is 168. The van der Waals surface area contributed by atoms with Gasteiger partial charge in [0, 0.05) is 19.8 Å². The number of carbonyl (C=O) groups is 1. The summed E-state index contributed by atoms with van der Waals surface area (Å²) in [5.41, 5.74) is 5.69. The first-order chi connectivity index (χ1) is 7.22. The summed E-state index contributed by atoms with van der Waals surface area (Å²) in [7, 11) is 0. The molecule has 5 heteroatoms. The van der Waals surface area contributed by atoms with Gasteiger partial charge in [0.15, 0.2) is 0 Å². The Labute approximate surface area is 96.3 Å². The Balaban J connectivity index is 3.38. The lowest BCUT2D eigenvalue weighted by Crippen LogP contribution is -2.41. The van der Waals surface area contributed by atoms with Crippen LogP contribution in [-0.2, 0) is 9.53 Å². The molecule has 0 aromatic carbocycles. The van der Waals surface area contributed by atoms with Crippen LogP contribution in [0.5, 0.6) is 0 Å². The summed E-state index contributed by atoms with van der Waals surface area (Å²) < 4.78 is 5.15. The minimum absolute atomic E-state index is 0.0550. The molecule has 0 bridgehead atoms. The second-order valence-corrected chi connectivity index (χ2v) is 4.22. The van der Waals surface area contributed by atoms with Gasteiger partial charge >= 0.3 is 0 Å². The number of ether oxygens (including phenoxy) is 1. The zero-order valence-corrected chi connectivity index (χ0v) is 10.4. The Morgan fingerprint density at radius 1 is 1.60 bits per heavy atom. The van der Waals surface area contributed by atoms with Crippen molar-refractivity contribution in [2.75, 3.05) is 31.8 Å². The maximum absolute atomic E-state index is 11.4. The molecule has 0 aliphatic heterocycles. The van der Waals surface area contributed by atoms with Crippen molar-refractivity contribution in [1.29, 1.82) is 0 Å². The van der Waals surface area contributed by atoms with Crippen LogP contribution in [0.3, 0.4) is 0 Å². The normalized spacial score (nSPS) is 12.5. The van der Waals surface area contributed by atoms with Gasteiger partial charge in [-0.05, 0) is 31.8 Å². The van der Waals surface area contributed by atoms with E-state index in [9.17, 15) is 4.79 Å². The van der Waals surface area contributed by atoms with E-state index >= 15 is 0 Å². The topological polar surface area (TPSA) is 64.3 Å². The fourth-order valence-electron chi connectivity index (χ4n) is 1.04. The molecule has 0 saturated carbocycles. The molecular formula is C10H22N2O2S. The van der Waals surface area contributed by atoms with Crippen molar-refractivity contribution in [3.8, 4) is 0 Å². The van der Waals surface area contributed by atoms with Crippen LogP contribution < -0.4 is 11.1 Å². The molecule has 0 aromatic heterocycles. The molecule has 90 valence electrons. The van der Waals surface area contributed by atoms with Crippen LogP contribution in [0.1, 0.15) is 19.8 Å².